The lowest BCUT2D eigenvalue weighted by molar-refractivity contribution is 0.350. The quantitative estimate of drug-likeness (QED) is 0.828. The summed E-state index contributed by atoms with van der Waals surface area (Å²) in [6.45, 7) is 5.15. The van der Waals surface area contributed by atoms with Gasteiger partial charge in [-0.2, -0.15) is 0 Å². The van der Waals surface area contributed by atoms with Crippen molar-refractivity contribution in [2.75, 3.05) is 6.61 Å². The van der Waals surface area contributed by atoms with Crippen LogP contribution in [-0.4, -0.2) is 26.2 Å². The first-order chi connectivity index (χ1) is 9.27. The fraction of sp³-hybridized carbons (Fsp3) is 0.429. The number of aliphatic hydroxyl groups is 1. The lowest BCUT2D eigenvalue weighted by atomic mass is 10.1. The Morgan fingerprint density at radius 3 is 2.50 bits per heavy atom. The Labute approximate surface area is 119 Å². The minimum Gasteiger partial charge on any atom is -0.384 e. The van der Waals surface area contributed by atoms with Gasteiger partial charge in [-0.25, -0.2) is 17.5 Å². The van der Waals surface area contributed by atoms with E-state index in [-0.39, 0.29) is 29.0 Å². The van der Waals surface area contributed by atoms with Gasteiger partial charge in [-0.1, -0.05) is 25.7 Å². The topological polar surface area (TPSA) is 66.4 Å². The molecule has 1 aromatic carbocycles. The zero-order valence-corrected chi connectivity index (χ0v) is 12.5. The second-order valence-electron chi connectivity index (χ2n) is 4.76. The first-order valence-electron chi connectivity index (χ1n) is 6.19. The molecule has 0 radical (unpaired) electrons. The molecule has 1 unspecified atom stereocenters. The van der Waals surface area contributed by atoms with E-state index < -0.39 is 15.8 Å². The molecule has 0 amide bonds. The monoisotopic (exact) mass is 299 g/mol. The van der Waals surface area contributed by atoms with Crippen molar-refractivity contribution in [3.05, 3.63) is 29.6 Å². The van der Waals surface area contributed by atoms with Gasteiger partial charge >= 0.3 is 0 Å². The summed E-state index contributed by atoms with van der Waals surface area (Å²) in [5.74, 6) is 4.12. The zero-order chi connectivity index (χ0) is 15.3. The van der Waals surface area contributed by atoms with E-state index in [0.29, 0.717) is 0 Å². The number of nitrogens with one attached hydrogen (secondary N) is 1. The highest BCUT2D eigenvalue weighted by Gasteiger charge is 2.20. The van der Waals surface area contributed by atoms with E-state index >= 15 is 0 Å². The maximum Gasteiger partial charge on any atom is 0.240 e. The fourth-order valence-corrected chi connectivity index (χ4v) is 2.75. The summed E-state index contributed by atoms with van der Waals surface area (Å²) in [4.78, 5) is -0.142. The van der Waals surface area contributed by atoms with Crippen molar-refractivity contribution in [3.63, 3.8) is 0 Å². The molecule has 110 valence electrons. The van der Waals surface area contributed by atoms with E-state index in [1.54, 1.807) is 6.92 Å². The maximum atomic E-state index is 13.7. The molecule has 1 atom stereocenters. The van der Waals surface area contributed by atoms with Crippen molar-refractivity contribution < 1.29 is 17.9 Å². The Hall–Kier alpha value is -1.42. The molecule has 20 heavy (non-hydrogen) atoms. The maximum absolute atomic E-state index is 13.7. The smallest absolute Gasteiger partial charge is 0.240 e. The number of benzene rings is 1. The van der Waals surface area contributed by atoms with Crippen molar-refractivity contribution in [2.24, 2.45) is 5.92 Å². The average molecular weight is 299 g/mol. The molecule has 0 saturated carbocycles. The van der Waals surface area contributed by atoms with Gasteiger partial charge in [0.15, 0.2) is 0 Å². The molecule has 0 aliphatic rings. The molecule has 0 saturated heterocycles. The Morgan fingerprint density at radius 2 is 2.00 bits per heavy atom. The van der Waals surface area contributed by atoms with E-state index in [9.17, 15) is 12.8 Å². The van der Waals surface area contributed by atoms with Crippen LogP contribution in [0.2, 0.25) is 0 Å². The lowest BCUT2D eigenvalue weighted by Gasteiger charge is -2.17. The van der Waals surface area contributed by atoms with Gasteiger partial charge in [0.25, 0.3) is 0 Å². The largest absolute Gasteiger partial charge is 0.384 e. The van der Waals surface area contributed by atoms with Gasteiger partial charge in [0, 0.05) is 6.04 Å². The first-order valence-corrected chi connectivity index (χ1v) is 7.68. The van der Waals surface area contributed by atoms with Crippen LogP contribution in [0.1, 0.15) is 26.3 Å². The molecule has 0 heterocycles. The second kappa shape index (κ2) is 6.84. The molecule has 0 fully saturated rings. The van der Waals surface area contributed by atoms with E-state index in [0.717, 1.165) is 6.07 Å². The van der Waals surface area contributed by atoms with E-state index in [4.69, 9.17) is 5.11 Å². The summed E-state index contributed by atoms with van der Waals surface area (Å²) in [6, 6.07) is 3.25. The van der Waals surface area contributed by atoms with Gasteiger partial charge in [-0.3, -0.25) is 0 Å². The highest BCUT2D eigenvalue weighted by Crippen LogP contribution is 2.15. The van der Waals surface area contributed by atoms with E-state index in [1.807, 2.05) is 13.8 Å². The van der Waals surface area contributed by atoms with Crippen LogP contribution in [0.15, 0.2) is 23.1 Å². The molecule has 1 rings (SSSR count). The second-order valence-corrected chi connectivity index (χ2v) is 6.47. The first kappa shape index (κ1) is 16.6. The van der Waals surface area contributed by atoms with Gasteiger partial charge in [0.05, 0.1) is 10.5 Å². The summed E-state index contributed by atoms with van der Waals surface area (Å²) in [7, 11) is -3.75. The molecule has 0 aromatic heterocycles. The summed E-state index contributed by atoms with van der Waals surface area (Å²) >= 11 is 0. The van der Waals surface area contributed by atoms with E-state index in [2.05, 4.69) is 16.6 Å². The number of halogens is 1. The highest BCUT2D eigenvalue weighted by atomic mass is 32.2. The third kappa shape index (κ3) is 4.30. The van der Waals surface area contributed by atoms with Crippen molar-refractivity contribution in [1.82, 2.24) is 4.72 Å². The predicted octanol–water partition coefficient (Wildman–Crippen LogP) is 1.49. The number of aliphatic hydroxyl groups excluding tert-OH is 1. The van der Waals surface area contributed by atoms with Crippen LogP contribution in [0.5, 0.6) is 0 Å². The third-order valence-corrected chi connectivity index (χ3v) is 4.45. The molecule has 0 aliphatic heterocycles. The third-order valence-electron chi connectivity index (χ3n) is 2.89. The summed E-state index contributed by atoms with van der Waals surface area (Å²) in [5.41, 5.74) is 0.0508. The van der Waals surface area contributed by atoms with Gasteiger partial charge < -0.3 is 5.11 Å². The van der Waals surface area contributed by atoms with Crippen molar-refractivity contribution in [2.45, 2.75) is 31.7 Å². The summed E-state index contributed by atoms with van der Waals surface area (Å²) < 4.78 is 40.4. The van der Waals surface area contributed by atoms with Gasteiger partial charge in [0.2, 0.25) is 10.0 Å². The molecule has 0 bridgehead atoms. The fourth-order valence-electron chi connectivity index (χ4n) is 1.35. The van der Waals surface area contributed by atoms with E-state index in [1.165, 1.54) is 12.1 Å². The Morgan fingerprint density at radius 1 is 1.35 bits per heavy atom. The zero-order valence-electron chi connectivity index (χ0n) is 11.6. The Balaban J connectivity index is 3.06. The van der Waals surface area contributed by atoms with Gasteiger partial charge in [-0.05, 0) is 31.0 Å². The number of rotatable bonds is 4. The predicted molar refractivity (Wildman–Crippen MR) is 75.0 cm³/mol. The van der Waals surface area contributed by atoms with Crippen LogP contribution in [0.25, 0.3) is 0 Å². The van der Waals surface area contributed by atoms with Crippen LogP contribution in [0.3, 0.4) is 0 Å². The minimum absolute atomic E-state index is 0.0508. The minimum atomic E-state index is -3.75. The number of sulfonamides is 1. The van der Waals surface area contributed by atoms with Crippen LogP contribution in [0.4, 0.5) is 4.39 Å². The highest BCUT2D eigenvalue weighted by molar-refractivity contribution is 7.89. The molecule has 2 N–H and O–H groups in total. The Kier molecular flexibility index (Phi) is 5.69. The van der Waals surface area contributed by atoms with Crippen molar-refractivity contribution >= 4 is 10.0 Å². The Bertz CT molecular complexity index is 630. The SMILES string of the molecule is CC(C)C(C)NS(=O)(=O)c1ccc(C#CCO)c(F)c1. The number of hydrogen-bond donors (Lipinski definition) is 2. The van der Waals surface area contributed by atoms with Crippen molar-refractivity contribution in [3.8, 4) is 11.8 Å². The van der Waals surface area contributed by atoms with Crippen LogP contribution >= 0.6 is 0 Å². The summed E-state index contributed by atoms with van der Waals surface area (Å²) in [5, 5.41) is 8.55. The molecular weight excluding hydrogens is 281 g/mol. The van der Waals surface area contributed by atoms with Gasteiger partial charge in [-0.15, -0.1) is 0 Å². The average Bonchev–Trinajstić information content (AvgIpc) is 2.36. The molecule has 4 nitrogen and oxygen atoms in total. The lowest BCUT2D eigenvalue weighted by Crippen LogP contribution is -2.36. The van der Waals surface area contributed by atoms with Crippen LogP contribution in [0, 0.1) is 23.6 Å². The van der Waals surface area contributed by atoms with Gasteiger partial charge in [0.1, 0.15) is 12.4 Å². The normalized spacial score (nSPS) is 12.9. The number of hydrogen-bond acceptors (Lipinski definition) is 3. The van der Waals surface area contributed by atoms with Crippen LogP contribution < -0.4 is 4.72 Å². The molecule has 6 heteroatoms. The molecule has 0 aliphatic carbocycles. The van der Waals surface area contributed by atoms with Crippen LogP contribution in [-0.2, 0) is 10.0 Å². The molecular formula is C14H18FNO3S. The van der Waals surface area contributed by atoms with Crippen molar-refractivity contribution in [1.29, 1.82) is 0 Å². The standard InChI is InChI=1S/C14H18FNO3S/c1-10(2)11(3)16-20(18,19)13-7-6-12(5-4-8-17)14(15)9-13/h6-7,9-11,16-17H,8H2,1-3H3. The summed E-state index contributed by atoms with van der Waals surface area (Å²) in [6.07, 6.45) is 0. The molecule has 1 aromatic rings. The molecule has 0 spiro atoms.